The minimum Gasteiger partial charge on any atom is -0.383 e. The molecular weight excluding hydrogens is 259 g/mol. The summed E-state index contributed by atoms with van der Waals surface area (Å²) in [5.74, 6) is -0.216. The third kappa shape index (κ3) is 2.88. The van der Waals surface area contributed by atoms with Gasteiger partial charge in [0.2, 0.25) is 0 Å². The van der Waals surface area contributed by atoms with Gasteiger partial charge in [-0.25, -0.2) is 4.39 Å². The normalized spacial score (nSPS) is 13.6. The molecule has 2 rings (SSSR count). The van der Waals surface area contributed by atoms with E-state index >= 15 is 0 Å². The van der Waals surface area contributed by atoms with Crippen LogP contribution in [0.4, 0.5) is 4.39 Å². The van der Waals surface area contributed by atoms with Crippen molar-refractivity contribution in [3.8, 4) is 0 Å². The molecule has 0 bridgehead atoms. The molecule has 102 valence electrons. The van der Waals surface area contributed by atoms with Crippen molar-refractivity contribution in [2.24, 2.45) is 0 Å². The van der Waals surface area contributed by atoms with Gasteiger partial charge >= 0.3 is 0 Å². The highest BCUT2D eigenvalue weighted by Gasteiger charge is 2.21. The summed E-state index contributed by atoms with van der Waals surface area (Å²) in [4.78, 5) is 0.923. The van der Waals surface area contributed by atoms with Crippen LogP contribution in [-0.2, 0) is 5.41 Å². The summed E-state index contributed by atoms with van der Waals surface area (Å²) in [5.41, 5.74) is 2.18. The van der Waals surface area contributed by atoms with Crippen LogP contribution < -0.4 is 0 Å². The predicted molar refractivity (Wildman–Crippen MR) is 78.2 cm³/mol. The van der Waals surface area contributed by atoms with Gasteiger partial charge in [0.25, 0.3) is 0 Å². The highest BCUT2D eigenvalue weighted by molar-refractivity contribution is 7.10. The van der Waals surface area contributed by atoms with E-state index < -0.39 is 6.10 Å². The second-order valence-electron chi connectivity index (χ2n) is 5.86. The molecule has 1 N–H and O–H groups in total. The Bertz CT molecular complexity index is 581. The first kappa shape index (κ1) is 14.2. The second kappa shape index (κ2) is 5.06. The molecule has 0 aliphatic rings. The Morgan fingerprint density at radius 2 is 1.89 bits per heavy atom. The van der Waals surface area contributed by atoms with Gasteiger partial charge in [-0.3, -0.25) is 0 Å². The molecule has 1 aromatic heterocycles. The first-order valence-electron chi connectivity index (χ1n) is 6.32. The smallest absolute Gasteiger partial charge is 0.126 e. The van der Waals surface area contributed by atoms with Gasteiger partial charge in [0.15, 0.2) is 0 Å². The molecule has 0 saturated heterocycles. The summed E-state index contributed by atoms with van der Waals surface area (Å²) in [5, 5.41) is 12.4. The molecule has 1 heterocycles. The Balaban J connectivity index is 2.44. The quantitative estimate of drug-likeness (QED) is 0.853. The maximum atomic E-state index is 13.9. The van der Waals surface area contributed by atoms with Gasteiger partial charge in [0.05, 0.1) is 0 Å². The molecule has 0 aliphatic heterocycles. The van der Waals surface area contributed by atoms with E-state index in [9.17, 15) is 9.50 Å². The average Bonchev–Trinajstić information content (AvgIpc) is 2.73. The Hall–Kier alpha value is -1.19. The zero-order chi connectivity index (χ0) is 14.2. The molecule has 0 saturated carbocycles. The Labute approximate surface area is 117 Å². The van der Waals surface area contributed by atoms with E-state index in [1.54, 1.807) is 12.1 Å². The summed E-state index contributed by atoms with van der Waals surface area (Å²) in [7, 11) is 0. The lowest BCUT2D eigenvalue weighted by Crippen LogP contribution is -2.14. The van der Waals surface area contributed by atoms with E-state index in [4.69, 9.17) is 0 Å². The molecule has 0 radical (unpaired) electrons. The average molecular weight is 278 g/mol. The topological polar surface area (TPSA) is 20.2 Å². The third-order valence-electron chi connectivity index (χ3n) is 3.26. The summed E-state index contributed by atoms with van der Waals surface area (Å²) < 4.78 is 13.9. The number of halogens is 1. The Kier molecular flexibility index (Phi) is 3.79. The van der Waals surface area contributed by atoms with Gasteiger partial charge in [0, 0.05) is 4.88 Å². The molecule has 1 unspecified atom stereocenters. The van der Waals surface area contributed by atoms with Crippen molar-refractivity contribution in [1.82, 2.24) is 0 Å². The molecule has 3 heteroatoms. The predicted octanol–water partition coefficient (Wildman–Crippen LogP) is 4.57. The molecule has 1 aromatic carbocycles. The molecule has 1 atom stereocenters. The molecular formula is C16H19FOS. The zero-order valence-corrected chi connectivity index (χ0v) is 12.5. The van der Waals surface area contributed by atoms with E-state index in [0.29, 0.717) is 5.56 Å². The number of hydrogen-bond donors (Lipinski definition) is 1. The van der Waals surface area contributed by atoms with Crippen LogP contribution in [0.2, 0.25) is 0 Å². The van der Waals surface area contributed by atoms with Crippen molar-refractivity contribution in [3.05, 3.63) is 57.0 Å². The minimum atomic E-state index is -0.679. The number of aryl methyl sites for hydroxylation is 1. The summed E-state index contributed by atoms with van der Waals surface area (Å²) in [6, 6.07) is 6.87. The number of rotatable bonds is 2. The summed E-state index contributed by atoms with van der Waals surface area (Å²) >= 11 is 1.53. The van der Waals surface area contributed by atoms with Gasteiger partial charge in [-0.15, -0.1) is 11.3 Å². The van der Waals surface area contributed by atoms with Crippen LogP contribution in [-0.4, -0.2) is 5.11 Å². The largest absolute Gasteiger partial charge is 0.383 e. The van der Waals surface area contributed by atoms with E-state index in [2.05, 4.69) is 0 Å². The van der Waals surface area contributed by atoms with Crippen LogP contribution in [0.1, 0.15) is 48.4 Å². The highest BCUT2D eigenvalue weighted by atomic mass is 32.1. The number of benzene rings is 1. The fraction of sp³-hybridized carbons (Fsp3) is 0.375. The molecule has 2 aromatic rings. The molecule has 0 fully saturated rings. The SMILES string of the molecule is Cc1ccsc1C(O)c1ccc(F)c(C(C)(C)C)c1. The number of thiophene rings is 1. The monoisotopic (exact) mass is 278 g/mol. The number of hydrogen-bond acceptors (Lipinski definition) is 2. The Morgan fingerprint density at radius 1 is 1.21 bits per heavy atom. The van der Waals surface area contributed by atoms with Gasteiger partial charge in [-0.05, 0) is 52.6 Å². The molecule has 0 spiro atoms. The third-order valence-corrected chi connectivity index (χ3v) is 4.34. The Morgan fingerprint density at radius 3 is 2.42 bits per heavy atom. The van der Waals surface area contributed by atoms with Crippen LogP contribution in [0, 0.1) is 12.7 Å². The maximum absolute atomic E-state index is 13.9. The lowest BCUT2D eigenvalue weighted by Gasteiger charge is -2.22. The number of aliphatic hydroxyl groups excluding tert-OH is 1. The zero-order valence-electron chi connectivity index (χ0n) is 11.7. The van der Waals surface area contributed by atoms with E-state index in [1.165, 1.54) is 17.4 Å². The van der Waals surface area contributed by atoms with Gasteiger partial charge in [0.1, 0.15) is 11.9 Å². The van der Waals surface area contributed by atoms with Crippen LogP contribution in [0.25, 0.3) is 0 Å². The van der Waals surface area contributed by atoms with E-state index in [1.807, 2.05) is 39.1 Å². The molecule has 1 nitrogen and oxygen atoms in total. The maximum Gasteiger partial charge on any atom is 0.126 e. The van der Waals surface area contributed by atoms with Crippen molar-refractivity contribution >= 4 is 11.3 Å². The second-order valence-corrected chi connectivity index (χ2v) is 6.81. The van der Waals surface area contributed by atoms with Crippen LogP contribution in [0.15, 0.2) is 29.6 Å². The molecule has 0 amide bonds. The van der Waals surface area contributed by atoms with Gasteiger partial charge in [-0.1, -0.05) is 26.8 Å². The van der Waals surface area contributed by atoms with E-state index in [0.717, 1.165) is 16.0 Å². The van der Waals surface area contributed by atoms with Crippen molar-refractivity contribution in [2.75, 3.05) is 0 Å². The minimum absolute atomic E-state index is 0.216. The van der Waals surface area contributed by atoms with Crippen molar-refractivity contribution in [3.63, 3.8) is 0 Å². The first-order valence-corrected chi connectivity index (χ1v) is 7.20. The van der Waals surface area contributed by atoms with Crippen LogP contribution in [0.5, 0.6) is 0 Å². The molecule has 19 heavy (non-hydrogen) atoms. The fourth-order valence-electron chi connectivity index (χ4n) is 2.10. The van der Waals surface area contributed by atoms with Crippen LogP contribution in [0.3, 0.4) is 0 Å². The van der Waals surface area contributed by atoms with Crippen molar-refractivity contribution in [2.45, 2.75) is 39.2 Å². The summed E-state index contributed by atoms with van der Waals surface area (Å²) in [6.45, 7) is 7.89. The standard InChI is InChI=1S/C16H19FOS/c1-10-7-8-19-15(10)14(18)11-5-6-13(17)12(9-11)16(2,3)4/h5-9,14,18H,1-4H3. The summed E-state index contributed by atoms with van der Waals surface area (Å²) in [6.07, 6.45) is -0.679. The fourth-order valence-corrected chi connectivity index (χ4v) is 3.04. The van der Waals surface area contributed by atoms with Gasteiger partial charge in [-0.2, -0.15) is 0 Å². The molecule has 0 aliphatic carbocycles. The highest BCUT2D eigenvalue weighted by Crippen LogP contribution is 2.33. The van der Waals surface area contributed by atoms with Crippen molar-refractivity contribution < 1.29 is 9.50 Å². The van der Waals surface area contributed by atoms with Crippen molar-refractivity contribution in [1.29, 1.82) is 0 Å². The van der Waals surface area contributed by atoms with Gasteiger partial charge < -0.3 is 5.11 Å². The lowest BCUT2D eigenvalue weighted by atomic mass is 9.85. The number of aliphatic hydroxyl groups is 1. The van der Waals surface area contributed by atoms with E-state index in [-0.39, 0.29) is 11.2 Å². The van der Waals surface area contributed by atoms with Crippen LogP contribution >= 0.6 is 11.3 Å². The lowest BCUT2D eigenvalue weighted by molar-refractivity contribution is 0.223. The first-order chi connectivity index (χ1) is 8.80.